The summed E-state index contributed by atoms with van der Waals surface area (Å²) in [6.07, 6.45) is 6.44. The lowest BCUT2D eigenvalue weighted by molar-refractivity contribution is 0.254. The Morgan fingerprint density at radius 3 is 2.69 bits per heavy atom. The van der Waals surface area contributed by atoms with E-state index in [9.17, 15) is 0 Å². The van der Waals surface area contributed by atoms with Gasteiger partial charge >= 0.3 is 0 Å². The topological polar surface area (TPSA) is 26.0 Å². The fraction of sp³-hybridized carbons (Fsp3) is 0.692. The highest BCUT2D eigenvalue weighted by Crippen LogP contribution is 2.31. The summed E-state index contributed by atoms with van der Waals surface area (Å²) in [5, 5.41) is 2.14. The summed E-state index contributed by atoms with van der Waals surface area (Å²) in [6.45, 7) is 2.36. The zero-order chi connectivity index (χ0) is 11.5. The summed E-state index contributed by atoms with van der Waals surface area (Å²) in [5.41, 5.74) is 6.33. The Kier molecular flexibility index (Phi) is 4.45. The van der Waals surface area contributed by atoms with Crippen LogP contribution < -0.4 is 5.73 Å². The smallest absolute Gasteiger partial charge is 0.0285 e. The summed E-state index contributed by atoms with van der Waals surface area (Å²) in [6, 6.07) is 2.56. The van der Waals surface area contributed by atoms with Crippen molar-refractivity contribution in [2.45, 2.75) is 45.1 Å². The van der Waals surface area contributed by atoms with Gasteiger partial charge in [-0.25, -0.2) is 0 Å². The molecule has 1 aliphatic carbocycles. The summed E-state index contributed by atoms with van der Waals surface area (Å²) >= 11 is 5.31. The van der Waals surface area contributed by atoms with Crippen LogP contribution in [0.25, 0.3) is 0 Å². The van der Waals surface area contributed by atoms with Crippen LogP contribution in [-0.4, -0.2) is 6.04 Å². The van der Waals surface area contributed by atoms with Gasteiger partial charge in [-0.3, -0.25) is 0 Å². The molecule has 1 aromatic heterocycles. The maximum Gasteiger partial charge on any atom is 0.0285 e. The molecule has 1 aliphatic rings. The normalized spacial score (nSPS) is 27.9. The molecule has 2 rings (SSSR count). The minimum absolute atomic E-state index is 0.359. The Labute approximate surface area is 111 Å². The van der Waals surface area contributed by atoms with Crippen molar-refractivity contribution in [1.29, 1.82) is 0 Å². The van der Waals surface area contributed by atoms with Crippen molar-refractivity contribution in [1.82, 2.24) is 0 Å². The van der Waals surface area contributed by atoms with Crippen LogP contribution in [0.15, 0.2) is 15.9 Å². The van der Waals surface area contributed by atoms with Gasteiger partial charge in [0.1, 0.15) is 0 Å². The second kappa shape index (κ2) is 5.65. The van der Waals surface area contributed by atoms with Crippen LogP contribution in [0.3, 0.4) is 0 Å². The van der Waals surface area contributed by atoms with Crippen LogP contribution >= 0.6 is 27.3 Å². The Hall–Kier alpha value is 0.140. The molecule has 0 aromatic carbocycles. The molecule has 0 spiro atoms. The largest absolute Gasteiger partial charge is 0.327 e. The van der Waals surface area contributed by atoms with E-state index in [0.717, 1.165) is 18.3 Å². The molecule has 1 saturated carbocycles. The third kappa shape index (κ3) is 3.31. The van der Waals surface area contributed by atoms with E-state index in [2.05, 4.69) is 34.3 Å². The van der Waals surface area contributed by atoms with Gasteiger partial charge in [0.15, 0.2) is 0 Å². The lowest BCUT2D eigenvalue weighted by atomic mass is 9.78. The average Bonchev–Trinajstić information content (AvgIpc) is 2.65. The molecule has 0 radical (unpaired) electrons. The molecule has 1 fully saturated rings. The summed E-state index contributed by atoms with van der Waals surface area (Å²) in [4.78, 5) is 1.41. The molecule has 3 heteroatoms. The molecule has 1 atom stereocenters. The Bertz CT molecular complexity index is 328. The molecule has 1 heterocycles. The molecule has 2 N–H and O–H groups in total. The third-order valence-corrected chi connectivity index (χ3v) is 5.44. The predicted octanol–water partition coefficient (Wildman–Crippen LogP) is 4.21. The standard InChI is InChI=1S/C13H20BrNS/c1-9-2-4-10(5-3-9)13(15)7-12-6-11(14)8-16-12/h6,8-10,13H,2-5,7,15H2,1H3. The molecule has 16 heavy (non-hydrogen) atoms. The number of halogens is 1. The molecule has 1 nitrogen and oxygen atoms in total. The second-order valence-corrected chi connectivity index (χ2v) is 7.03. The van der Waals surface area contributed by atoms with Crippen molar-refractivity contribution in [3.8, 4) is 0 Å². The SMILES string of the molecule is CC1CCC(C(N)Cc2cc(Br)cs2)CC1. The van der Waals surface area contributed by atoms with Gasteiger partial charge in [0.25, 0.3) is 0 Å². The van der Waals surface area contributed by atoms with Crippen molar-refractivity contribution in [2.24, 2.45) is 17.6 Å². The molecular formula is C13H20BrNS. The minimum atomic E-state index is 0.359. The van der Waals surface area contributed by atoms with Crippen molar-refractivity contribution < 1.29 is 0 Å². The zero-order valence-electron chi connectivity index (χ0n) is 9.79. The van der Waals surface area contributed by atoms with Crippen LogP contribution in [0.1, 0.15) is 37.5 Å². The van der Waals surface area contributed by atoms with E-state index in [1.165, 1.54) is 35.0 Å². The lowest BCUT2D eigenvalue weighted by Crippen LogP contribution is -2.34. The average molecular weight is 302 g/mol. The van der Waals surface area contributed by atoms with E-state index in [1.54, 1.807) is 0 Å². The van der Waals surface area contributed by atoms with Gasteiger partial charge in [0.05, 0.1) is 0 Å². The highest BCUT2D eigenvalue weighted by molar-refractivity contribution is 9.10. The second-order valence-electron chi connectivity index (χ2n) is 5.12. The fourth-order valence-corrected chi connectivity index (χ4v) is 4.10. The zero-order valence-corrected chi connectivity index (χ0v) is 12.2. The van der Waals surface area contributed by atoms with Crippen LogP contribution in [0.5, 0.6) is 0 Å². The van der Waals surface area contributed by atoms with E-state index < -0.39 is 0 Å². The highest BCUT2D eigenvalue weighted by Gasteiger charge is 2.23. The summed E-state index contributed by atoms with van der Waals surface area (Å²) in [5.74, 6) is 1.66. The first-order valence-electron chi connectivity index (χ1n) is 6.13. The quantitative estimate of drug-likeness (QED) is 0.889. The van der Waals surface area contributed by atoms with Crippen molar-refractivity contribution in [3.05, 3.63) is 20.8 Å². The number of hydrogen-bond donors (Lipinski definition) is 1. The molecule has 0 bridgehead atoms. The summed E-state index contributed by atoms with van der Waals surface area (Å²) in [7, 11) is 0. The molecule has 0 amide bonds. The maximum absolute atomic E-state index is 6.33. The van der Waals surface area contributed by atoms with Crippen LogP contribution in [-0.2, 0) is 6.42 Å². The first-order chi connectivity index (χ1) is 7.65. The molecule has 0 saturated heterocycles. The van der Waals surface area contributed by atoms with Crippen molar-refractivity contribution in [2.75, 3.05) is 0 Å². The van der Waals surface area contributed by atoms with Gasteiger partial charge in [-0.1, -0.05) is 19.8 Å². The van der Waals surface area contributed by atoms with Gasteiger partial charge in [-0.2, -0.15) is 0 Å². The van der Waals surface area contributed by atoms with Crippen LogP contribution in [0.2, 0.25) is 0 Å². The molecular weight excluding hydrogens is 282 g/mol. The van der Waals surface area contributed by atoms with Gasteiger partial charge in [0, 0.05) is 20.8 Å². The number of rotatable bonds is 3. The first-order valence-corrected chi connectivity index (χ1v) is 7.81. The monoisotopic (exact) mass is 301 g/mol. The Morgan fingerprint density at radius 1 is 1.44 bits per heavy atom. The van der Waals surface area contributed by atoms with E-state index in [1.807, 2.05) is 11.3 Å². The lowest BCUT2D eigenvalue weighted by Gasteiger charge is -2.30. The van der Waals surface area contributed by atoms with E-state index in [0.29, 0.717) is 6.04 Å². The van der Waals surface area contributed by atoms with E-state index in [4.69, 9.17) is 5.73 Å². The molecule has 90 valence electrons. The highest BCUT2D eigenvalue weighted by atomic mass is 79.9. The summed E-state index contributed by atoms with van der Waals surface area (Å²) < 4.78 is 1.19. The Morgan fingerprint density at radius 2 is 2.12 bits per heavy atom. The predicted molar refractivity (Wildman–Crippen MR) is 74.8 cm³/mol. The van der Waals surface area contributed by atoms with Gasteiger partial charge < -0.3 is 5.73 Å². The maximum atomic E-state index is 6.33. The van der Waals surface area contributed by atoms with Crippen molar-refractivity contribution >= 4 is 27.3 Å². The van der Waals surface area contributed by atoms with Gasteiger partial charge in [-0.15, -0.1) is 11.3 Å². The number of nitrogens with two attached hydrogens (primary N) is 1. The van der Waals surface area contributed by atoms with Crippen LogP contribution in [0, 0.1) is 11.8 Å². The molecule has 1 aromatic rings. The van der Waals surface area contributed by atoms with Gasteiger partial charge in [0.2, 0.25) is 0 Å². The fourth-order valence-electron chi connectivity index (χ4n) is 2.57. The third-order valence-electron chi connectivity index (χ3n) is 3.72. The number of thiophene rings is 1. The van der Waals surface area contributed by atoms with Gasteiger partial charge in [-0.05, 0) is 53.1 Å². The minimum Gasteiger partial charge on any atom is -0.327 e. The molecule has 0 aliphatic heterocycles. The van der Waals surface area contributed by atoms with Crippen LogP contribution in [0.4, 0.5) is 0 Å². The van der Waals surface area contributed by atoms with Crippen molar-refractivity contribution in [3.63, 3.8) is 0 Å². The Balaban J connectivity index is 1.85. The first kappa shape index (κ1) is 12.6. The number of hydrogen-bond acceptors (Lipinski definition) is 2. The molecule has 1 unspecified atom stereocenters. The van der Waals surface area contributed by atoms with E-state index in [-0.39, 0.29) is 0 Å². The van der Waals surface area contributed by atoms with E-state index >= 15 is 0 Å².